The van der Waals surface area contributed by atoms with Crippen LogP contribution >= 0.6 is 0 Å². The van der Waals surface area contributed by atoms with Gasteiger partial charge in [-0.3, -0.25) is 0 Å². The van der Waals surface area contributed by atoms with Crippen LogP contribution in [0, 0.1) is 0 Å². The number of hydrogen-bond donors (Lipinski definition) is 0. The maximum Gasteiger partial charge on any atom is 0.338 e. The van der Waals surface area contributed by atoms with Gasteiger partial charge in [0.1, 0.15) is 5.75 Å². The van der Waals surface area contributed by atoms with E-state index in [1.165, 1.54) is 0 Å². The summed E-state index contributed by atoms with van der Waals surface area (Å²) in [7, 11) is 1.57. The van der Waals surface area contributed by atoms with Crippen molar-refractivity contribution >= 4 is 5.97 Å². The van der Waals surface area contributed by atoms with Crippen LogP contribution in [0.25, 0.3) is 0 Å². The second kappa shape index (κ2) is 6.16. The topological polar surface area (TPSA) is 35.5 Å². The molecular formula is C13H18O3. The van der Waals surface area contributed by atoms with Crippen molar-refractivity contribution in [1.29, 1.82) is 0 Å². The number of benzene rings is 1. The Morgan fingerprint density at radius 3 is 2.81 bits per heavy atom. The molecule has 0 radical (unpaired) electrons. The van der Waals surface area contributed by atoms with E-state index in [0.717, 1.165) is 12.8 Å². The van der Waals surface area contributed by atoms with Crippen LogP contribution < -0.4 is 4.74 Å². The van der Waals surface area contributed by atoms with Crippen LogP contribution in [-0.2, 0) is 4.74 Å². The minimum absolute atomic E-state index is 0.0382. The van der Waals surface area contributed by atoms with Crippen molar-refractivity contribution < 1.29 is 14.3 Å². The third-order valence-electron chi connectivity index (χ3n) is 2.31. The molecule has 0 spiro atoms. The van der Waals surface area contributed by atoms with E-state index in [1.807, 2.05) is 6.92 Å². The Bertz CT molecular complexity index is 347. The van der Waals surface area contributed by atoms with Crippen molar-refractivity contribution in [1.82, 2.24) is 0 Å². The Balaban J connectivity index is 2.65. The standard InChI is InChI=1S/C13H18O3/c1-4-6-10(2)16-13(14)11-7-5-8-12(9-11)15-3/h5,7-10H,4,6H2,1-3H3/t10-/m0/s1. The van der Waals surface area contributed by atoms with Gasteiger partial charge in [0, 0.05) is 0 Å². The Hall–Kier alpha value is -1.51. The first-order valence-electron chi connectivity index (χ1n) is 5.52. The molecule has 0 unspecified atom stereocenters. The highest BCUT2D eigenvalue weighted by Gasteiger charge is 2.11. The summed E-state index contributed by atoms with van der Waals surface area (Å²) in [6, 6.07) is 6.98. The summed E-state index contributed by atoms with van der Waals surface area (Å²) in [6.45, 7) is 3.97. The molecule has 3 nitrogen and oxygen atoms in total. The zero-order chi connectivity index (χ0) is 12.0. The molecule has 0 saturated carbocycles. The van der Waals surface area contributed by atoms with Crippen molar-refractivity contribution in [2.75, 3.05) is 7.11 Å². The number of carbonyl (C=O) groups excluding carboxylic acids is 1. The molecule has 1 aromatic carbocycles. The highest BCUT2D eigenvalue weighted by Crippen LogP contribution is 2.14. The van der Waals surface area contributed by atoms with Gasteiger partial charge in [-0.05, 0) is 31.5 Å². The van der Waals surface area contributed by atoms with Gasteiger partial charge < -0.3 is 9.47 Å². The van der Waals surface area contributed by atoms with Gasteiger partial charge in [-0.1, -0.05) is 19.4 Å². The molecule has 0 saturated heterocycles. The highest BCUT2D eigenvalue weighted by atomic mass is 16.5. The molecule has 0 aromatic heterocycles. The van der Waals surface area contributed by atoms with Gasteiger partial charge in [-0.25, -0.2) is 4.79 Å². The summed E-state index contributed by atoms with van der Waals surface area (Å²) in [4.78, 5) is 11.7. The van der Waals surface area contributed by atoms with Crippen LogP contribution in [0.3, 0.4) is 0 Å². The average Bonchev–Trinajstić information content (AvgIpc) is 2.29. The molecule has 0 fully saturated rings. The van der Waals surface area contributed by atoms with E-state index in [1.54, 1.807) is 31.4 Å². The molecule has 1 atom stereocenters. The van der Waals surface area contributed by atoms with E-state index in [0.29, 0.717) is 11.3 Å². The fourth-order valence-corrected chi connectivity index (χ4v) is 1.47. The second-order valence-corrected chi connectivity index (χ2v) is 3.74. The fraction of sp³-hybridized carbons (Fsp3) is 0.462. The summed E-state index contributed by atoms with van der Waals surface area (Å²) in [5, 5.41) is 0. The van der Waals surface area contributed by atoms with Gasteiger partial charge in [0.25, 0.3) is 0 Å². The number of rotatable bonds is 5. The van der Waals surface area contributed by atoms with Gasteiger partial charge in [0.15, 0.2) is 0 Å². The minimum Gasteiger partial charge on any atom is -0.497 e. The number of hydrogen-bond acceptors (Lipinski definition) is 3. The summed E-state index contributed by atoms with van der Waals surface area (Å²) >= 11 is 0. The van der Waals surface area contributed by atoms with Crippen molar-refractivity contribution in [2.45, 2.75) is 32.8 Å². The molecular weight excluding hydrogens is 204 g/mol. The van der Waals surface area contributed by atoms with Crippen molar-refractivity contribution in [3.8, 4) is 5.75 Å². The van der Waals surface area contributed by atoms with Gasteiger partial charge in [0.05, 0.1) is 18.8 Å². The number of methoxy groups -OCH3 is 1. The highest BCUT2D eigenvalue weighted by molar-refractivity contribution is 5.89. The first-order valence-corrected chi connectivity index (χ1v) is 5.52. The molecule has 0 aliphatic heterocycles. The van der Waals surface area contributed by atoms with Crippen molar-refractivity contribution in [3.63, 3.8) is 0 Å². The maximum atomic E-state index is 11.7. The SMILES string of the molecule is CCC[C@H](C)OC(=O)c1cccc(OC)c1. The monoisotopic (exact) mass is 222 g/mol. The Morgan fingerprint density at radius 1 is 1.44 bits per heavy atom. The molecule has 88 valence electrons. The summed E-state index contributed by atoms with van der Waals surface area (Å²) < 4.78 is 10.3. The molecule has 3 heteroatoms. The van der Waals surface area contributed by atoms with Gasteiger partial charge >= 0.3 is 5.97 Å². The molecule has 0 N–H and O–H groups in total. The normalized spacial score (nSPS) is 11.9. The van der Waals surface area contributed by atoms with E-state index in [9.17, 15) is 4.79 Å². The van der Waals surface area contributed by atoms with Gasteiger partial charge in [-0.15, -0.1) is 0 Å². The second-order valence-electron chi connectivity index (χ2n) is 3.74. The number of ether oxygens (including phenoxy) is 2. The quantitative estimate of drug-likeness (QED) is 0.718. The predicted molar refractivity (Wildman–Crippen MR) is 62.8 cm³/mol. The Morgan fingerprint density at radius 2 is 2.19 bits per heavy atom. The lowest BCUT2D eigenvalue weighted by atomic mass is 10.2. The Kier molecular flexibility index (Phi) is 4.83. The van der Waals surface area contributed by atoms with E-state index in [-0.39, 0.29) is 12.1 Å². The van der Waals surface area contributed by atoms with Crippen LogP contribution in [-0.4, -0.2) is 19.2 Å². The molecule has 1 aromatic rings. The zero-order valence-corrected chi connectivity index (χ0v) is 10.0. The molecule has 0 amide bonds. The molecule has 0 heterocycles. The van der Waals surface area contributed by atoms with Crippen LogP contribution in [0.1, 0.15) is 37.0 Å². The van der Waals surface area contributed by atoms with E-state index >= 15 is 0 Å². The van der Waals surface area contributed by atoms with Crippen LogP contribution in [0.4, 0.5) is 0 Å². The summed E-state index contributed by atoms with van der Waals surface area (Å²) in [5.74, 6) is 0.373. The smallest absolute Gasteiger partial charge is 0.338 e. The predicted octanol–water partition coefficient (Wildman–Crippen LogP) is 3.04. The van der Waals surface area contributed by atoms with Crippen LogP contribution in [0.15, 0.2) is 24.3 Å². The summed E-state index contributed by atoms with van der Waals surface area (Å²) in [6.07, 6.45) is 1.85. The lowest BCUT2D eigenvalue weighted by molar-refractivity contribution is 0.0323. The van der Waals surface area contributed by atoms with Gasteiger partial charge in [0.2, 0.25) is 0 Å². The Labute approximate surface area is 96.4 Å². The van der Waals surface area contributed by atoms with Gasteiger partial charge in [-0.2, -0.15) is 0 Å². The van der Waals surface area contributed by atoms with Crippen molar-refractivity contribution in [2.24, 2.45) is 0 Å². The van der Waals surface area contributed by atoms with Crippen molar-refractivity contribution in [3.05, 3.63) is 29.8 Å². The number of esters is 1. The lowest BCUT2D eigenvalue weighted by Gasteiger charge is -2.12. The average molecular weight is 222 g/mol. The molecule has 0 aliphatic carbocycles. The largest absolute Gasteiger partial charge is 0.497 e. The maximum absolute atomic E-state index is 11.7. The first kappa shape index (κ1) is 12.6. The molecule has 1 rings (SSSR count). The third-order valence-corrected chi connectivity index (χ3v) is 2.31. The number of carbonyl (C=O) groups is 1. The van der Waals surface area contributed by atoms with Crippen LogP contribution in [0.2, 0.25) is 0 Å². The van der Waals surface area contributed by atoms with E-state index < -0.39 is 0 Å². The van der Waals surface area contributed by atoms with Crippen LogP contribution in [0.5, 0.6) is 5.75 Å². The molecule has 0 aliphatic rings. The lowest BCUT2D eigenvalue weighted by Crippen LogP contribution is -2.14. The summed E-state index contributed by atoms with van der Waals surface area (Å²) in [5.41, 5.74) is 0.530. The van der Waals surface area contributed by atoms with E-state index in [2.05, 4.69) is 6.92 Å². The molecule has 0 bridgehead atoms. The first-order chi connectivity index (χ1) is 7.67. The fourth-order valence-electron chi connectivity index (χ4n) is 1.47. The third kappa shape index (κ3) is 3.57. The molecule has 16 heavy (non-hydrogen) atoms. The van der Waals surface area contributed by atoms with E-state index in [4.69, 9.17) is 9.47 Å². The zero-order valence-electron chi connectivity index (χ0n) is 10.0. The minimum atomic E-state index is -0.292.